The van der Waals surface area contributed by atoms with Crippen LogP contribution in [0, 0.1) is 0 Å². The number of aryl methyl sites for hydroxylation is 1. The van der Waals surface area contributed by atoms with Crippen LogP contribution in [0.1, 0.15) is 52.6 Å². The van der Waals surface area contributed by atoms with Crippen LogP contribution in [0.2, 0.25) is 0 Å². The number of hydrogen-bond donors (Lipinski definition) is 1. The van der Waals surface area contributed by atoms with Crippen LogP contribution in [0.5, 0.6) is 0 Å². The lowest BCUT2D eigenvalue weighted by Crippen LogP contribution is -2.39. The Bertz CT molecular complexity index is 426. The van der Waals surface area contributed by atoms with Crippen LogP contribution in [-0.2, 0) is 6.42 Å². The average Bonchev–Trinajstić information content (AvgIpc) is 3.02. The van der Waals surface area contributed by atoms with Gasteiger partial charge in [-0.1, -0.05) is 6.92 Å². The predicted octanol–water partition coefficient (Wildman–Crippen LogP) is 3.10. The Kier molecular flexibility index (Phi) is 4.51. The minimum Gasteiger partial charge on any atom is -0.351 e. The van der Waals surface area contributed by atoms with E-state index in [1.807, 2.05) is 12.3 Å². The van der Waals surface area contributed by atoms with Crippen molar-refractivity contribution in [3.8, 4) is 0 Å². The Morgan fingerprint density at radius 1 is 1.25 bits per heavy atom. The van der Waals surface area contributed by atoms with Gasteiger partial charge in [-0.15, -0.1) is 0 Å². The van der Waals surface area contributed by atoms with Gasteiger partial charge in [0, 0.05) is 25.4 Å². The van der Waals surface area contributed by atoms with Crippen molar-refractivity contribution in [3.63, 3.8) is 0 Å². The highest BCUT2D eigenvalue weighted by atomic mass is 15.2. The van der Waals surface area contributed by atoms with E-state index in [0.717, 1.165) is 24.1 Å². The fraction of sp³-hybridized carbons (Fsp3) is 0.750. The maximum Gasteiger partial charge on any atom is 0.223 e. The van der Waals surface area contributed by atoms with Gasteiger partial charge >= 0.3 is 0 Å². The van der Waals surface area contributed by atoms with E-state index in [0.29, 0.717) is 6.04 Å². The molecule has 0 spiro atoms. The zero-order valence-corrected chi connectivity index (χ0v) is 12.5. The molecule has 20 heavy (non-hydrogen) atoms. The molecular weight excluding hydrogens is 248 g/mol. The summed E-state index contributed by atoms with van der Waals surface area (Å²) < 4.78 is 0. The lowest BCUT2D eigenvalue weighted by atomic mass is 9.90. The van der Waals surface area contributed by atoms with Crippen molar-refractivity contribution in [2.75, 3.05) is 18.4 Å². The molecule has 1 N–H and O–H groups in total. The molecule has 2 fully saturated rings. The number of likely N-dealkylation sites (tertiary alicyclic amines) is 1. The van der Waals surface area contributed by atoms with E-state index < -0.39 is 0 Å². The summed E-state index contributed by atoms with van der Waals surface area (Å²) in [4.78, 5) is 11.6. The first kappa shape index (κ1) is 13.8. The van der Waals surface area contributed by atoms with Gasteiger partial charge in [-0.2, -0.15) is 0 Å². The second-order valence-corrected chi connectivity index (χ2v) is 6.12. The first-order chi connectivity index (χ1) is 9.85. The van der Waals surface area contributed by atoms with Crippen molar-refractivity contribution in [1.29, 1.82) is 0 Å². The molecule has 1 aromatic heterocycles. The Labute approximate surface area is 123 Å². The third kappa shape index (κ3) is 3.29. The van der Waals surface area contributed by atoms with Crippen LogP contribution in [0.15, 0.2) is 12.3 Å². The molecule has 0 amide bonds. The molecule has 1 aromatic rings. The van der Waals surface area contributed by atoms with Gasteiger partial charge < -0.3 is 10.2 Å². The van der Waals surface area contributed by atoms with Crippen LogP contribution in [0.3, 0.4) is 0 Å². The first-order valence-corrected chi connectivity index (χ1v) is 8.17. The number of rotatable bonds is 4. The molecule has 0 radical (unpaired) electrons. The monoisotopic (exact) mass is 276 g/mol. The standard InChI is InChI=1S/C16H26N4.H2/c1-2-13-9-10-17-16(18-13)19-14-5-7-15(8-6-14)20-11-3-4-12-20;/h9-10,14-15H,2-8,11-12H2,1H3,(H,17,18,19);1H. The van der Waals surface area contributed by atoms with Crippen LogP contribution >= 0.6 is 0 Å². The summed E-state index contributed by atoms with van der Waals surface area (Å²) in [5, 5.41) is 3.53. The van der Waals surface area contributed by atoms with Gasteiger partial charge in [-0.25, -0.2) is 9.97 Å². The van der Waals surface area contributed by atoms with E-state index in [4.69, 9.17) is 0 Å². The van der Waals surface area contributed by atoms with Gasteiger partial charge in [0.2, 0.25) is 5.95 Å². The van der Waals surface area contributed by atoms with E-state index in [1.54, 1.807) is 0 Å². The van der Waals surface area contributed by atoms with Crippen molar-refractivity contribution in [2.24, 2.45) is 0 Å². The highest BCUT2D eigenvalue weighted by molar-refractivity contribution is 5.27. The predicted molar refractivity (Wildman–Crippen MR) is 84.0 cm³/mol. The highest BCUT2D eigenvalue weighted by Gasteiger charge is 2.27. The molecule has 1 aliphatic carbocycles. The summed E-state index contributed by atoms with van der Waals surface area (Å²) in [6.45, 7) is 4.78. The lowest BCUT2D eigenvalue weighted by Gasteiger charge is -2.34. The Morgan fingerprint density at radius 3 is 2.70 bits per heavy atom. The summed E-state index contributed by atoms with van der Waals surface area (Å²) in [5.74, 6) is 0.814. The Hall–Kier alpha value is -1.16. The third-order valence-corrected chi connectivity index (χ3v) is 4.76. The second kappa shape index (κ2) is 6.53. The largest absolute Gasteiger partial charge is 0.351 e. The van der Waals surface area contributed by atoms with E-state index in [9.17, 15) is 0 Å². The number of nitrogens with zero attached hydrogens (tertiary/aromatic N) is 3. The first-order valence-electron chi connectivity index (χ1n) is 8.17. The zero-order chi connectivity index (χ0) is 13.8. The third-order valence-electron chi connectivity index (χ3n) is 4.76. The zero-order valence-electron chi connectivity index (χ0n) is 12.5. The fourth-order valence-corrected chi connectivity index (χ4v) is 3.54. The number of hydrogen-bond acceptors (Lipinski definition) is 4. The fourth-order valence-electron chi connectivity index (χ4n) is 3.54. The molecule has 4 nitrogen and oxygen atoms in total. The summed E-state index contributed by atoms with van der Waals surface area (Å²) in [6.07, 6.45) is 10.8. The van der Waals surface area contributed by atoms with Crippen molar-refractivity contribution in [3.05, 3.63) is 18.0 Å². The topological polar surface area (TPSA) is 41.1 Å². The van der Waals surface area contributed by atoms with Gasteiger partial charge in [0.25, 0.3) is 0 Å². The minimum atomic E-state index is 0. The molecule has 0 bridgehead atoms. The van der Waals surface area contributed by atoms with E-state index in [2.05, 4.69) is 27.1 Å². The number of anilines is 1. The van der Waals surface area contributed by atoms with Gasteiger partial charge in [0.1, 0.15) is 0 Å². The van der Waals surface area contributed by atoms with Gasteiger partial charge in [0.15, 0.2) is 0 Å². The van der Waals surface area contributed by atoms with E-state index in [1.165, 1.54) is 51.6 Å². The SMILES string of the molecule is CCc1ccnc(NC2CCC(N3CCCC3)CC2)n1.[HH]. The smallest absolute Gasteiger partial charge is 0.223 e. The van der Waals surface area contributed by atoms with Crippen LogP contribution in [0.25, 0.3) is 0 Å². The number of nitrogens with one attached hydrogen (secondary N) is 1. The Morgan fingerprint density at radius 2 is 2.00 bits per heavy atom. The van der Waals surface area contributed by atoms with Gasteiger partial charge in [-0.05, 0) is 64.1 Å². The molecule has 1 saturated heterocycles. The highest BCUT2D eigenvalue weighted by Crippen LogP contribution is 2.27. The maximum atomic E-state index is 4.55. The van der Waals surface area contributed by atoms with E-state index >= 15 is 0 Å². The molecule has 0 aromatic carbocycles. The molecule has 0 atom stereocenters. The van der Waals surface area contributed by atoms with Gasteiger partial charge in [-0.3, -0.25) is 0 Å². The van der Waals surface area contributed by atoms with Crippen molar-refractivity contribution >= 4 is 5.95 Å². The normalized spacial score (nSPS) is 27.6. The molecule has 2 aliphatic rings. The lowest BCUT2D eigenvalue weighted by molar-refractivity contribution is 0.186. The molecule has 4 heteroatoms. The molecule has 0 unspecified atom stereocenters. The second-order valence-electron chi connectivity index (χ2n) is 6.12. The molecule has 1 saturated carbocycles. The molecule has 112 valence electrons. The van der Waals surface area contributed by atoms with Crippen LogP contribution in [-0.4, -0.2) is 40.0 Å². The maximum absolute atomic E-state index is 4.55. The quantitative estimate of drug-likeness (QED) is 0.917. The Balaban J connectivity index is 0.00000161. The average molecular weight is 276 g/mol. The summed E-state index contributed by atoms with van der Waals surface area (Å²) >= 11 is 0. The van der Waals surface area contributed by atoms with Crippen molar-refractivity contribution in [2.45, 2.75) is 64.0 Å². The molecule has 1 aliphatic heterocycles. The van der Waals surface area contributed by atoms with Crippen LogP contribution < -0.4 is 5.32 Å². The molecule has 2 heterocycles. The summed E-state index contributed by atoms with van der Waals surface area (Å²) in [7, 11) is 0. The summed E-state index contributed by atoms with van der Waals surface area (Å²) in [6, 6.07) is 3.38. The van der Waals surface area contributed by atoms with Crippen molar-refractivity contribution in [1.82, 2.24) is 14.9 Å². The minimum absolute atomic E-state index is 0. The van der Waals surface area contributed by atoms with Crippen LogP contribution in [0.4, 0.5) is 5.95 Å². The molecular formula is C16H28N4. The van der Waals surface area contributed by atoms with E-state index in [-0.39, 0.29) is 1.43 Å². The summed E-state index contributed by atoms with van der Waals surface area (Å²) in [5.41, 5.74) is 1.12. The number of aromatic nitrogens is 2. The van der Waals surface area contributed by atoms with Crippen molar-refractivity contribution < 1.29 is 1.43 Å². The van der Waals surface area contributed by atoms with Gasteiger partial charge in [0.05, 0.1) is 0 Å². The molecule has 3 rings (SSSR count).